The van der Waals surface area contributed by atoms with Crippen molar-refractivity contribution in [3.63, 3.8) is 0 Å². The van der Waals surface area contributed by atoms with Crippen LogP contribution in [-0.2, 0) is 9.59 Å². The number of anilines is 3. The quantitative estimate of drug-likeness (QED) is 0.368. The second-order valence-corrected chi connectivity index (χ2v) is 10.3. The number of rotatable bonds is 4. The third-order valence-corrected chi connectivity index (χ3v) is 8.14. The van der Waals surface area contributed by atoms with Gasteiger partial charge in [-0.15, -0.1) is 0 Å². The first kappa shape index (κ1) is 23.3. The molecule has 8 nitrogen and oxygen atoms in total. The monoisotopic (exact) mass is 476 g/mol. The Kier molecular flexibility index (Phi) is 5.99. The van der Waals surface area contributed by atoms with Crippen molar-refractivity contribution in [2.45, 2.75) is 40.0 Å². The number of fused-ring (bicyclic) bond motifs is 1. The molecule has 3 aliphatic rings. The minimum atomic E-state index is -0.407. The standard InChI is InChI=1S/C27H32N4O4/c1-17-7-9-21-22(15-17)27(33)30(26(21)32)20-8-10-24(25(16-20)31(34)35)29-13-11-28(12-14-29)23-6-4-5-18(2)19(23)3/h4-6,8,10,16-17,21-22H,7,9,11-15H2,1-3H3/t17-,21+,22-/m0/s1. The van der Waals surface area contributed by atoms with Crippen molar-refractivity contribution in [2.75, 3.05) is 40.9 Å². The van der Waals surface area contributed by atoms with E-state index >= 15 is 0 Å². The first-order valence-electron chi connectivity index (χ1n) is 12.5. The molecule has 2 saturated heterocycles. The normalized spacial score (nSPS) is 24.7. The van der Waals surface area contributed by atoms with Crippen LogP contribution < -0.4 is 14.7 Å². The first-order chi connectivity index (χ1) is 16.8. The summed E-state index contributed by atoms with van der Waals surface area (Å²) in [6, 6.07) is 11.1. The number of carbonyl (C=O) groups is 2. The molecule has 35 heavy (non-hydrogen) atoms. The average Bonchev–Trinajstić information content (AvgIpc) is 3.09. The summed E-state index contributed by atoms with van der Waals surface area (Å²) < 4.78 is 0. The van der Waals surface area contributed by atoms with E-state index in [1.54, 1.807) is 12.1 Å². The van der Waals surface area contributed by atoms with E-state index in [9.17, 15) is 19.7 Å². The van der Waals surface area contributed by atoms with E-state index in [-0.39, 0.29) is 29.3 Å². The number of hydrogen-bond acceptors (Lipinski definition) is 6. The number of carbonyl (C=O) groups excluding carboxylic acids is 2. The Morgan fingerprint density at radius 3 is 2.23 bits per heavy atom. The summed E-state index contributed by atoms with van der Waals surface area (Å²) in [4.78, 5) is 43.3. The molecule has 3 atom stereocenters. The molecule has 1 saturated carbocycles. The van der Waals surface area contributed by atoms with Crippen LogP contribution in [0.2, 0.25) is 0 Å². The molecule has 2 aromatic carbocycles. The number of imide groups is 1. The fourth-order valence-electron chi connectivity index (χ4n) is 5.98. The molecule has 0 unspecified atom stereocenters. The van der Waals surface area contributed by atoms with Gasteiger partial charge in [0, 0.05) is 37.9 Å². The number of nitro benzene ring substituents is 1. The van der Waals surface area contributed by atoms with Gasteiger partial charge in [-0.05, 0) is 68.4 Å². The highest BCUT2D eigenvalue weighted by molar-refractivity contribution is 6.22. The molecule has 8 heteroatoms. The van der Waals surface area contributed by atoms with Crippen LogP contribution in [0.5, 0.6) is 0 Å². The molecule has 2 aliphatic heterocycles. The zero-order valence-electron chi connectivity index (χ0n) is 20.6. The lowest BCUT2D eigenvalue weighted by atomic mass is 9.76. The lowest BCUT2D eigenvalue weighted by molar-refractivity contribution is -0.384. The van der Waals surface area contributed by atoms with Crippen molar-refractivity contribution < 1.29 is 14.5 Å². The zero-order chi connectivity index (χ0) is 24.9. The average molecular weight is 477 g/mol. The maximum absolute atomic E-state index is 13.1. The second kappa shape index (κ2) is 8.98. The van der Waals surface area contributed by atoms with Crippen molar-refractivity contribution in [1.82, 2.24) is 0 Å². The van der Waals surface area contributed by atoms with Crippen molar-refractivity contribution in [3.8, 4) is 0 Å². The number of nitro groups is 1. The van der Waals surface area contributed by atoms with Crippen molar-refractivity contribution in [3.05, 3.63) is 57.6 Å². The van der Waals surface area contributed by atoms with Gasteiger partial charge in [-0.3, -0.25) is 19.7 Å². The van der Waals surface area contributed by atoms with Gasteiger partial charge in [0.2, 0.25) is 11.8 Å². The summed E-state index contributed by atoms with van der Waals surface area (Å²) in [7, 11) is 0. The largest absolute Gasteiger partial charge is 0.368 e. The number of nitrogens with zero attached hydrogens (tertiary/aromatic N) is 4. The molecular weight excluding hydrogens is 444 g/mol. The third kappa shape index (κ3) is 4.05. The van der Waals surface area contributed by atoms with Crippen LogP contribution in [0.15, 0.2) is 36.4 Å². The van der Waals surface area contributed by atoms with E-state index in [0.29, 0.717) is 43.2 Å². The molecule has 2 aromatic rings. The maximum Gasteiger partial charge on any atom is 0.294 e. The van der Waals surface area contributed by atoms with Crippen LogP contribution in [0.4, 0.5) is 22.7 Å². The minimum Gasteiger partial charge on any atom is -0.368 e. The van der Waals surface area contributed by atoms with Crippen molar-refractivity contribution in [2.24, 2.45) is 17.8 Å². The molecule has 0 bridgehead atoms. The summed E-state index contributed by atoms with van der Waals surface area (Å²) in [5, 5.41) is 12.0. The number of amides is 2. The number of piperazine rings is 1. The Hall–Kier alpha value is -3.42. The first-order valence-corrected chi connectivity index (χ1v) is 12.5. The lowest BCUT2D eigenvalue weighted by Crippen LogP contribution is -2.47. The summed E-state index contributed by atoms with van der Waals surface area (Å²) in [5.41, 5.74) is 4.49. The van der Waals surface area contributed by atoms with Crippen LogP contribution in [-0.4, -0.2) is 42.9 Å². The Labute approximate surface area is 205 Å². The topological polar surface area (TPSA) is 87.0 Å². The molecule has 184 valence electrons. The maximum atomic E-state index is 13.1. The Morgan fingerprint density at radius 2 is 1.54 bits per heavy atom. The van der Waals surface area contributed by atoms with E-state index in [1.807, 2.05) is 4.90 Å². The van der Waals surface area contributed by atoms with Gasteiger partial charge in [0.15, 0.2) is 0 Å². The second-order valence-electron chi connectivity index (χ2n) is 10.3. The van der Waals surface area contributed by atoms with Crippen molar-refractivity contribution in [1.29, 1.82) is 0 Å². The van der Waals surface area contributed by atoms with Crippen LogP contribution in [0.1, 0.15) is 37.3 Å². The molecule has 1 aliphatic carbocycles. The van der Waals surface area contributed by atoms with Gasteiger partial charge in [0.05, 0.1) is 22.4 Å². The van der Waals surface area contributed by atoms with Gasteiger partial charge in [-0.1, -0.05) is 19.1 Å². The fourth-order valence-corrected chi connectivity index (χ4v) is 5.98. The summed E-state index contributed by atoms with van der Waals surface area (Å²) in [6.45, 7) is 9.15. The fraction of sp³-hybridized carbons (Fsp3) is 0.481. The van der Waals surface area contributed by atoms with E-state index in [4.69, 9.17) is 0 Å². The van der Waals surface area contributed by atoms with E-state index in [0.717, 1.165) is 19.5 Å². The molecule has 0 N–H and O–H groups in total. The van der Waals surface area contributed by atoms with E-state index < -0.39 is 4.92 Å². The van der Waals surface area contributed by atoms with Gasteiger partial charge in [0.1, 0.15) is 5.69 Å². The molecule has 0 radical (unpaired) electrons. The Morgan fingerprint density at radius 1 is 0.886 bits per heavy atom. The van der Waals surface area contributed by atoms with Gasteiger partial charge in [-0.2, -0.15) is 0 Å². The molecule has 5 rings (SSSR count). The summed E-state index contributed by atoms with van der Waals surface area (Å²) in [6.07, 6.45) is 2.34. The smallest absolute Gasteiger partial charge is 0.294 e. The third-order valence-electron chi connectivity index (χ3n) is 8.14. The van der Waals surface area contributed by atoms with Gasteiger partial charge in [0.25, 0.3) is 5.69 Å². The van der Waals surface area contributed by atoms with E-state index in [1.165, 1.54) is 27.8 Å². The minimum absolute atomic E-state index is 0.0634. The zero-order valence-corrected chi connectivity index (χ0v) is 20.6. The summed E-state index contributed by atoms with van der Waals surface area (Å²) in [5.74, 6) is -0.613. The Balaban J connectivity index is 1.37. The Bertz CT molecular complexity index is 1190. The van der Waals surface area contributed by atoms with Gasteiger partial charge >= 0.3 is 0 Å². The number of benzene rings is 2. The molecular formula is C27H32N4O4. The highest BCUT2D eigenvalue weighted by Gasteiger charge is 2.50. The van der Waals surface area contributed by atoms with E-state index in [2.05, 4.69) is 43.9 Å². The highest BCUT2D eigenvalue weighted by atomic mass is 16.6. The van der Waals surface area contributed by atoms with Crippen LogP contribution in [0.25, 0.3) is 0 Å². The molecule has 0 aromatic heterocycles. The van der Waals surface area contributed by atoms with Gasteiger partial charge < -0.3 is 9.80 Å². The summed E-state index contributed by atoms with van der Waals surface area (Å²) >= 11 is 0. The van der Waals surface area contributed by atoms with Gasteiger partial charge in [-0.25, -0.2) is 4.90 Å². The SMILES string of the molecule is Cc1cccc(N2CCN(c3ccc(N4C(=O)[C@H]5C[C@@H](C)CC[C@H]5C4=O)cc3[N+](=O)[O-])CC2)c1C. The predicted molar refractivity (Wildman–Crippen MR) is 136 cm³/mol. The molecule has 2 amide bonds. The number of hydrogen-bond donors (Lipinski definition) is 0. The lowest BCUT2D eigenvalue weighted by Gasteiger charge is -2.38. The van der Waals surface area contributed by atoms with Crippen molar-refractivity contribution >= 4 is 34.6 Å². The van der Waals surface area contributed by atoms with Crippen LogP contribution >= 0.6 is 0 Å². The van der Waals surface area contributed by atoms with Crippen LogP contribution in [0, 0.1) is 41.7 Å². The van der Waals surface area contributed by atoms with Crippen LogP contribution in [0.3, 0.4) is 0 Å². The molecule has 2 heterocycles. The number of aryl methyl sites for hydroxylation is 1. The molecule has 3 fully saturated rings. The predicted octanol–water partition coefficient (Wildman–Crippen LogP) is 4.46. The highest BCUT2D eigenvalue weighted by Crippen LogP contribution is 2.43. The molecule has 0 spiro atoms.